The van der Waals surface area contributed by atoms with Crippen molar-refractivity contribution in [2.45, 2.75) is 6.04 Å². The average Bonchev–Trinajstić information content (AvgIpc) is 2.76. The minimum absolute atomic E-state index is 0.167. The first-order valence-electron chi connectivity index (χ1n) is 8.97. The minimum atomic E-state index is -0.481. The Bertz CT molecular complexity index is 1170. The van der Waals surface area contributed by atoms with Gasteiger partial charge in [0.15, 0.2) is 0 Å². The van der Waals surface area contributed by atoms with Crippen LogP contribution in [-0.4, -0.2) is 49.5 Å². The van der Waals surface area contributed by atoms with E-state index in [0.717, 1.165) is 10.1 Å². The molecule has 0 radical (unpaired) electrons. The molecule has 3 aromatic rings. The van der Waals surface area contributed by atoms with Gasteiger partial charge in [0.05, 0.1) is 11.4 Å². The van der Waals surface area contributed by atoms with E-state index in [1.165, 1.54) is 18.7 Å². The normalized spacial score (nSPS) is 17.1. The predicted molar refractivity (Wildman–Crippen MR) is 103 cm³/mol. The molecule has 1 saturated heterocycles. The van der Waals surface area contributed by atoms with E-state index in [-0.39, 0.29) is 23.3 Å². The van der Waals surface area contributed by atoms with Crippen LogP contribution in [-0.2, 0) is 14.1 Å². The first kappa shape index (κ1) is 18.1. The van der Waals surface area contributed by atoms with Crippen LogP contribution in [0, 0.1) is 0 Å². The Morgan fingerprint density at radius 1 is 1.18 bits per heavy atom. The number of carbonyl (C=O) groups excluding carboxylic acids is 1. The molecule has 9 nitrogen and oxygen atoms in total. The fraction of sp³-hybridized carbons (Fsp3) is 0.316. The molecule has 9 heteroatoms. The molecule has 4 heterocycles. The third-order valence-electron chi connectivity index (χ3n) is 5.09. The summed E-state index contributed by atoms with van der Waals surface area (Å²) in [4.78, 5) is 48.0. The Kier molecular flexibility index (Phi) is 4.52. The number of nitrogens with zero attached hydrogens (tertiary/aromatic N) is 5. The van der Waals surface area contributed by atoms with E-state index in [4.69, 9.17) is 0 Å². The van der Waals surface area contributed by atoms with Gasteiger partial charge >= 0.3 is 5.69 Å². The van der Waals surface area contributed by atoms with E-state index in [2.05, 4.69) is 15.3 Å². The van der Waals surface area contributed by atoms with Crippen LogP contribution in [0.1, 0.15) is 22.1 Å². The number of piperazine rings is 1. The van der Waals surface area contributed by atoms with Gasteiger partial charge in [-0.05, 0) is 23.8 Å². The molecule has 1 atom stereocenters. The van der Waals surface area contributed by atoms with Crippen LogP contribution < -0.4 is 16.6 Å². The maximum absolute atomic E-state index is 13.2. The van der Waals surface area contributed by atoms with Gasteiger partial charge in [-0.15, -0.1) is 0 Å². The first-order valence-corrected chi connectivity index (χ1v) is 8.97. The second kappa shape index (κ2) is 7.01. The van der Waals surface area contributed by atoms with Crippen LogP contribution in [0.15, 0.2) is 46.2 Å². The van der Waals surface area contributed by atoms with Gasteiger partial charge < -0.3 is 10.2 Å². The lowest BCUT2D eigenvalue weighted by molar-refractivity contribution is 0.0628. The summed E-state index contributed by atoms with van der Waals surface area (Å²) in [5, 5.41) is 3.59. The fourth-order valence-corrected chi connectivity index (χ4v) is 3.54. The zero-order valence-corrected chi connectivity index (χ0v) is 15.6. The summed E-state index contributed by atoms with van der Waals surface area (Å²) in [6.45, 7) is 1.81. The summed E-state index contributed by atoms with van der Waals surface area (Å²) >= 11 is 0. The second-order valence-electron chi connectivity index (χ2n) is 6.78. The number of carbonyl (C=O) groups is 1. The zero-order chi connectivity index (χ0) is 19.8. The van der Waals surface area contributed by atoms with Gasteiger partial charge in [0.1, 0.15) is 11.3 Å². The monoisotopic (exact) mass is 380 g/mol. The molecule has 1 N–H and O–H groups in total. The van der Waals surface area contributed by atoms with Gasteiger partial charge in [-0.3, -0.25) is 23.7 Å². The van der Waals surface area contributed by atoms with E-state index in [1.54, 1.807) is 29.4 Å². The maximum Gasteiger partial charge on any atom is 0.332 e. The highest BCUT2D eigenvalue weighted by Crippen LogP contribution is 2.23. The van der Waals surface area contributed by atoms with E-state index in [0.29, 0.717) is 25.0 Å². The Morgan fingerprint density at radius 3 is 2.75 bits per heavy atom. The molecule has 1 amide bonds. The zero-order valence-electron chi connectivity index (χ0n) is 15.6. The summed E-state index contributed by atoms with van der Waals surface area (Å²) in [7, 11) is 2.96. The lowest BCUT2D eigenvalue weighted by Gasteiger charge is -2.36. The number of nitrogens with one attached hydrogen (secondary N) is 1. The topological polar surface area (TPSA) is 102 Å². The molecule has 0 aliphatic carbocycles. The summed E-state index contributed by atoms with van der Waals surface area (Å²) in [5.74, 6) is -0.245. The molecule has 4 rings (SSSR count). The predicted octanol–water partition coefficient (Wildman–Crippen LogP) is -0.186. The number of rotatable bonds is 2. The van der Waals surface area contributed by atoms with Gasteiger partial charge in [0, 0.05) is 46.1 Å². The number of hydrogen-bond donors (Lipinski definition) is 1. The van der Waals surface area contributed by atoms with Crippen LogP contribution in [0.2, 0.25) is 0 Å². The maximum atomic E-state index is 13.2. The van der Waals surface area contributed by atoms with Crippen molar-refractivity contribution in [2.75, 3.05) is 19.6 Å². The van der Waals surface area contributed by atoms with E-state index >= 15 is 0 Å². The Labute approximate surface area is 160 Å². The van der Waals surface area contributed by atoms with Crippen molar-refractivity contribution in [1.82, 2.24) is 29.3 Å². The van der Waals surface area contributed by atoms with Crippen molar-refractivity contribution in [3.05, 3.63) is 68.8 Å². The number of aryl methyl sites for hydroxylation is 1. The summed E-state index contributed by atoms with van der Waals surface area (Å²) in [6, 6.07) is 6.70. The molecule has 1 fully saturated rings. The largest absolute Gasteiger partial charge is 0.332 e. The molecule has 0 spiro atoms. The molecule has 144 valence electrons. The number of hydrogen-bond acceptors (Lipinski definition) is 6. The summed E-state index contributed by atoms with van der Waals surface area (Å²) in [5.41, 5.74) is 0.425. The molecule has 0 aromatic carbocycles. The van der Waals surface area contributed by atoms with Crippen LogP contribution in [0.4, 0.5) is 0 Å². The standard InChI is InChI=1S/C19H20N6O3/c1-23-16-13(17(26)24(2)19(23)28)5-6-14(22-16)18(27)25-9-8-21-11-15(25)12-4-3-7-20-10-12/h3-7,10,15,21H,8-9,11H2,1-2H3. The van der Waals surface area contributed by atoms with Crippen molar-refractivity contribution in [2.24, 2.45) is 14.1 Å². The number of amides is 1. The SMILES string of the molecule is Cn1c(=O)c2ccc(C(=O)N3CCNCC3c3cccnc3)nc2n(C)c1=O. The van der Waals surface area contributed by atoms with Crippen molar-refractivity contribution >= 4 is 16.9 Å². The first-order chi connectivity index (χ1) is 13.5. The molecule has 28 heavy (non-hydrogen) atoms. The highest BCUT2D eigenvalue weighted by atomic mass is 16.2. The molecule has 1 unspecified atom stereocenters. The summed E-state index contributed by atoms with van der Waals surface area (Å²) in [6.07, 6.45) is 3.44. The highest BCUT2D eigenvalue weighted by Gasteiger charge is 2.29. The molecular formula is C19H20N6O3. The van der Waals surface area contributed by atoms with E-state index in [1.807, 2.05) is 12.1 Å². The van der Waals surface area contributed by atoms with E-state index < -0.39 is 11.2 Å². The van der Waals surface area contributed by atoms with Gasteiger partial charge in [0.25, 0.3) is 11.5 Å². The van der Waals surface area contributed by atoms with Crippen LogP contribution in [0.5, 0.6) is 0 Å². The molecule has 0 saturated carbocycles. The Hall–Kier alpha value is -3.33. The van der Waals surface area contributed by atoms with Gasteiger partial charge in [-0.1, -0.05) is 6.07 Å². The third kappa shape index (κ3) is 2.89. The van der Waals surface area contributed by atoms with Gasteiger partial charge in [-0.25, -0.2) is 9.78 Å². The number of fused-ring (bicyclic) bond motifs is 1. The molecule has 0 bridgehead atoms. The third-order valence-corrected chi connectivity index (χ3v) is 5.09. The average molecular weight is 380 g/mol. The van der Waals surface area contributed by atoms with Crippen molar-refractivity contribution < 1.29 is 4.79 Å². The lowest BCUT2D eigenvalue weighted by Crippen LogP contribution is -2.49. The quantitative estimate of drug-likeness (QED) is 0.661. The molecule has 1 aliphatic rings. The fourth-order valence-electron chi connectivity index (χ4n) is 3.54. The minimum Gasteiger partial charge on any atom is -0.328 e. The van der Waals surface area contributed by atoms with Gasteiger partial charge in [0.2, 0.25) is 0 Å². The van der Waals surface area contributed by atoms with Crippen LogP contribution in [0.3, 0.4) is 0 Å². The van der Waals surface area contributed by atoms with Crippen molar-refractivity contribution in [3.63, 3.8) is 0 Å². The van der Waals surface area contributed by atoms with Crippen LogP contribution in [0.25, 0.3) is 11.0 Å². The Balaban J connectivity index is 1.78. The Morgan fingerprint density at radius 2 is 2.00 bits per heavy atom. The lowest BCUT2D eigenvalue weighted by atomic mass is 10.0. The molecule has 3 aromatic heterocycles. The smallest absolute Gasteiger partial charge is 0.328 e. The molecule has 1 aliphatic heterocycles. The summed E-state index contributed by atoms with van der Waals surface area (Å²) < 4.78 is 2.31. The number of pyridine rings is 2. The number of aromatic nitrogens is 4. The van der Waals surface area contributed by atoms with Crippen molar-refractivity contribution in [3.8, 4) is 0 Å². The van der Waals surface area contributed by atoms with Gasteiger partial charge in [-0.2, -0.15) is 0 Å². The highest BCUT2D eigenvalue weighted by molar-refractivity contribution is 5.94. The van der Waals surface area contributed by atoms with Crippen molar-refractivity contribution in [1.29, 1.82) is 0 Å². The molecular weight excluding hydrogens is 360 g/mol. The van der Waals surface area contributed by atoms with Crippen LogP contribution >= 0.6 is 0 Å². The second-order valence-corrected chi connectivity index (χ2v) is 6.78. The van der Waals surface area contributed by atoms with E-state index in [9.17, 15) is 14.4 Å².